The van der Waals surface area contributed by atoms with Crippen molar-refractivity contribution in [1.82, 2.24) is 0 Å². The number of hydrogen-bond donors (Lipinski definition) is 3. The largest absolute Gasteiger partial charge is 0.397 e. The normalized spacial score (nSPS) is 12.2. The third-order valence-corrected chi connectivity index (χ3v) is 3.79. The summed E-state index contributed by atoms with van der Waals surface area (Å²) >= 11 is 7.32. The summed E-state index contributed by atoms with van der Waals surface area (Å²) < 4.78 is 0. The zero-order valence-electron chi connectivity index (χ0n) is 10.1. The van der Waals surface area contributed by atoms with Crippen LogP contribution in [0.15, 0.2) is 18.2 Å². The molecule has 4 N–H and O–H groups in total. The first-order valence-corrected chi connectivity index (χ1v) is 7.03. The summed E-state index contributed by atoms with van der Waals surface area (Å²) in [5.41, 5.74) is 6.75. The molecule has 1 aromatic rings. The Balaban J connectivity index is 2.47. The summed E-state index contributed by atoms with van der Waals surface area (Å²) in [6.45, 7) is 2.11. The van der Waals surface area contributed by atoms with Gasteiger partial charge in [0.15, 0.2) is 0 Å². The summed E-state index contributed by atoms with van der Waals surface area (Å²) in [4.78, 5) is 11.7. The number of aliphatic hydroxyl groups excluding tert-OH is 1. The highest BCUT2D eigenvalue weighted by Crippen LogP contribution is 2.23. The third-order valence-electron chi connectivity index (χ3n) is 2.32. The van der Waals surface area contributed by atoms with Gasteiger partial charge in [0.2, 0.25) is 5.91 Å². The monoisotopic (exact) mass is 288 g/mol. The van der Waals surface area contributed by atoms with Gasteiger partial charge in [-0.1, -0.05) is 18.5 Å². The number of amides is 1. The van der Waals surface area contributed by atoms with E-state index in [9.17, 15) is 4.79 Å². The van der Waals surface area contributed by atoms with E-state index in [1.165, 1.54) is 11.8 Å². The topological polar surface area (TPSA) is 75.3 Å². The smallest absolute Gasteiger partial charge is 0.234 e. The standard InChI is InChI=1S/C12H17ClN2O2S/c1-8(4-5-16)18-7-12(17)15-11-6-9(13)2-3-10(11)14/h2-3,6,8,16H,4-5,7,14H2,1H3,(H,15,17). The summed E-state index contributed by atoms with van der Waals surface area (Å²) in [5.74, 6) is 0.200. The van der Waals surface area contributed by atoms with Crippen molar-refractivity contribution in [2.75, 3.05) is 23.4 Å². The molecule has 0 aliphatic rings. The number of nitrogens with one attached hydrogen (secondary N) is 1. The fourth-order valence-electron chi connectivity index (χ4n) is 1.31. The van der Waals surface area contributed by atoms with Gasteiger partial charge >= 0.3 is 0 Å². The van der Waals surface area contributed by atoms with E-state index in [0.29, 0.717) is 28.6 Å². The Bertz CT molecular complexity index is 415. The number of hydrogen-bond acceptors (Lipinski definition) is 4. The number of benzene rings is 1. The van der Waals surface area contributed by atoms with Gasteiger partial charge in [0, 0.05) is 16.9 Å². The van der Waals surface area contributed by atoms with Gasteiger partial charge in [0.05, 0.1) is 17.1 Å². The molecular weight excluding hydrogens is 272 g/mol. The second-order valence-electron chi connectivity index (χ2n) is 3.91. The average Bonchev–Trinajstić information content (AvgIpc) is 2.32. The Kier molecular flexibility index (Phi) is 6.32. The van der Waals surface area contributed by atoms with Gasteiger partial charge in [0.25, 0.3) is 0 Å². The van der Waals surface area contributed by atoms with Gasteiger partial charge < -0.3 is 16.2 Å². The molecule has 0 saturated carbocycles. The molecule has 1 unspecified atom stereocenters. The number of nitrogen functional groups attached to an aromatic ring is 1. The minimum atomic E-state index is -0.126. The molecule has 1 aromatic carbocycles. The molecule has 0 bridgehead atoms. The molecule has 0 fully saturated rings. The molecule has 1 rings (SSSR count). The first-order valence-electron chi connectivity index (χ1n) is 5.60. The van der Waals surface area contributed by atoms with Gasteiger partial charge in [-0.2, -0.15) is 0 Å². The van der Waals surface area contributed by atoms with E-state index < -0.39 is 0 Å². The van der Waals surface area contributed by atoms with E-state index in [2.05, 4.69) is 5.32 Å². The maximum absolute atomic E-state index is 11.7. The molecule has 1 amide bonds. The van der Waals surface area contributed by atoms with Crippen molar-refractivity contribution in [3.63, 3.8) is 0 Å². The van der Waals surface area contributed by atoms with Crippen molar-refractivity contribution in [1.29, 1.82) is 0 Å². The van der Waals surface area contributed by atoms with E-state index >= 15 is 0 Å². The highest BCUT2D eigenvalue weighted by molar-refractivity contribution is 8.00. The Labute approximate surface area is 116 Å². The SMILES string of the molecule is CC(CCO)SCC(=O)Nc1cc(Cl)ccc1N. The number of rotatable bonds is 6. The lowest BCUT2D eigenvalue weighted by molar-refractivity contribution is -0.113. The van der Waals surface area contributed by atoms with E-state index in [0.717, 1.165) is 0 Å². The van der Waals surface area contributed by atoms with Gasteiger partial charge in [-0.15, -0.1) is 11.8 Å². The van der Waals surface area contributed by atoms with Crippen LogP contribution in [0.4, 0.5) is 11.4 Å². The van der Waals surface area contributed by atoms with Crippen molar-refractivity contribution < 1.29 is 9.90 Å². The molecule has 0 aromatic heterocycles. The molecule has 0 radical (unpaired) electrons. The highest BCUT2D eigenvalue weighted by atomic mass is 35.5. The molecule has 18 heavy (non-hydrogen) atoms. The Morgan fingerprint density at radius 2 is 2.33 bits per heavy atom. The zero-order valence-corrected chi connectivity index (χ0v) is 11.7. The quantitative estimate of drug-likeness (QED) is 0.703. The van der Waals surface area contributed by atoms with Crippen LogP contribution >= 0.6 is 23.4 Å². The fraction of sp³-hybridized carbons (Fsp3) is 0.417. The summed E-state index contributed by atoms with van der Waals surface area (Å²) in [7, 11) is 0. The lowest BCUT2D eigenvalue weighted by atomic mass is 10.2. The van der Waals surface area contributed by atoms with Gasteiger partial charge in [-0.25, -0.2) is 0 Å². The van der Waals surface area contributed by atoms with Gasteiger partial charge in [-0.3, -0.25) is 4.79 Å². The molecule has 0 heterocycles. The number of anilines is 2. The molecule has 6 heteroatoms. The van der Waals surface area contributed by atoms with E-state index in [1.807, 2.05) is 6.92 Å². The van der Waals surface area contributed by atoms with Crippen LogP contribution in [-0.4, -0.2) is 28.6 Å². The van der Waals surface area contributed by atoms with Crippen LogP contribution in [0.3, 0.4) is 0 Å². The number of thioether (sulfide) groups is 1. The third kappa shape index (κ3) is 5.16. The summed E-state index contributed by atoms with van der Waals surface area (Å²) in [6, 6.07) is 4.95. The minimum absolute atomic E-state index is 0.126. The minimum Gasteiger partial charge on any atom is -0.397 e. The Morgan fingerprint density at radius 1 is 1.61 bits per heavy atom. The first-order chi connectivity index (χ1) is 8.52. The molecule has 100 valence electrons. The van der Waals surface area contributed by atoms with Crippen molar-refractivity contribution >= 4 is 40.6 Å². The van der Waals surface area contributed by atoms with Crippen molar-refractivity contribution in [3.05, 3.63) is 23.2 Å². The molecular formula is C12H17ClN2O2S. The van der Waals surface area contributed by atoms with Crippen LogP contribution < -0.4 is 11.1 Å². The van der Waals surface area contributed by atoms with Crippen molar-refractivity contribution in [3.8, 4) is 0 Å². The fourth-order valence-corrected chi connectivity index (χ4v) is 2.26. The van der Waals surface area contributed by atoms with E-state index in [4.69, 9.17) is 22.4 Å². The number of aliphatic hydroxyl groups is 1. The maximum Gasteiger partial charge on any atom is 0.234 e. The van der Waals surface area contributed by atoms with Crippen LogP contribution in [0.1, 0.15) is 13.3 Å². The maximum atomic E-state index is 11.7. The Morgan fingerprint density at radius 3 is 3.00 bits per heavy atom. The second-order valence-corrected chi connectivity index (χ2v) is 5.78. The molecule has 0 aliphatic carbocycles. The van der Waals surface area contributed by atoms with Crippen LogP contribution in [0.2, 0.25) is 5.02 Å². The van der Waals surface area contributed by atoms with Crippen LogP contribution in [-0.2, 0) is 4.79 Å². The van der Waals surface area contributed by atoms with E-state index in [-0.39, 0.29) is 17.8 Å². The van der Waals surface area contributed by atoms with Crippen molar-refractivity contribution in [2.45, 2.75) is 18.6 Å². The van der Waals surface area contributed by atoms with Crippen LogP contribution in [0.5, 0.6) is 0 Å². The molecule has 0 saturated heterocycles. The molecule has 0 spiro atoms. The molecule has 1 atom stereocenters. The Hall–Kier alpha value is -0.910. The molecule has 4 nitrogen and oxygen atoms in total. The lowest BCUT2D eigenvalue weighted by Gasteiger charge is -2.11. The van der Waals surface area contributed by atoms with Crippen LogP contribution in [0, 0.1) is 0 Å². The zero-order chi connectivity index (χ0) is 13.5. The summed E-state index contributed by atoms with van der Waals surface area (Å²) in [5, 5.41) is 12.3. The van der Waals surface area contributed by atoms with Crippen molar-refractivity contribution in [2.24, 2.45) is 0 Å². The van der Waals surface area contributed by atoms with Gasteiger partial charge in [-0.05, 0) is 24.6 Å². The summed E-state index contributed by atoms with van der Waals surface area (Å²) in [6.07, 6.45) is 0.678. The second kappa shape index (κ2) is 7.51. The lowest BCUT2D eigenvalue weighted by Crippen LogP contribution is -2.17. The van der Waals surface area contributed by atoms with Gasteiger partial charge in [0.1, 0.15) is 0 Å². The number of nitrogens with two attached hydrogens (primary N) is 1. The highest BCUT2D eigenvalue weighted by Gasteiger charge is 2.09. The van der Waals surface area contributed by atoms with Crippen LogP contribution in [0.25, 0.3) is 0 Å². The van der Waals surface area contributed by atoms with E-state index in [1.54, 1.807) is 18.2 Å². The predicted molar refractivity (Wildman–Crippen MR) is 78.1 cm³/mol. The number of halogens is 1. The molecule has 0 aliphatic heterocycles. The number of carbonyl (C=O) groups is 1. The predicted octanol–water partition coefficient (Wildman–Crippen LogP) is 2.36. The average molecular weight is 289 g/mol. The first kappa shape index (κ1) is 15.1. The number of carbonyl (C=O) groups excluding carboxylic acids is 1.